The summed E-state index contributed by atoms with van der Waals surface area (Å²) in [6, 6.07) is 10.9. The van der Waals surface area contributed by atoms with Crippen molar-refractivity contribution in [1.82, 2.24) is 15.6 Å². The predicted octanol–water partition coefficient (Wildman–Crippen LogP) is 2.28. The molecule has 1 aromatic heterocycles. The zero-order valence-electron chi connectivity index (χ0n) is 12.9. The first-order chi connectivity index (χ1) is 11.2. The Morgan fingerprint density at radius 3 is 2.78 bits per heavy atom. The highest BCUT2D eigenvalue weighted by atomic mass is 16.6. The predicted molar refractivity (Wildman–Crippen MR) is 85.5 cm³/mol. The highest BCUT2D eigenvalue weighted by Gasteiger charge is 2.21. The van der Waals surface area contributed by atoms with Gasteiger partial charge in [0.05, 0.1) is 12.6 Å². The Hall–Kier alpha value is -2.76. The molecule has 1 aliphatic rings. The number of hydrogen-bond acceptors (Lipinski definition) is 4. The first-order valence-corrected chi connectivity index (χ1v) is 7.55. The molecule has 2 atom stereocenters. The molecule has 6 nitrogen and oxygen atoms in total. The first kappa shape index (κ1) is 15.1. The van der Waals surface area contributed by atoms with Crippen molar-refractivity contribution in [3.63, 3.8) is 0 Å². The van der Waals surface area contributed by atoms with Gasteiger partial charge < -0.3 is 20.1 Å². The molecule has 0 aliphatic carbocycles. The van der Waals surface area contributed by atoms with E-state index >= 15 is 0 Å². The number of benzene rings is 1. The minimum atomic E-state index is -0.239. The lowest BCUT2D eigenvalue weighted by molar-refractivity contribution is 0.0917. The molecular formula is C17H19N3O3. The van der Waals surface area contributed by atoms with Gasteiger partial charge in [0.1, 0.15) is 6.61 Å². The van der Waals surface area contributed by atoms with Crippen LogP contribution in [0.2, 0.25) is 0 Å². The number of fused-ring (bicyclic) bond motifs is 1. The molecule has 1 aromatic carbocycles. The largest absolute Gasteiger partial charge is 0.486 e. The number of rotatable bonds is 4. The maximum absolute atomic E-state index is 12.0. The molecule has 0 unspecified atom stereocenters. The average Bonchev–Trinajstić information content (AvgIpc) is 2.60. The van der Waals surface area contributed by atoms with Crippen LogP contribution in [0.4, 0.5) is 4.79 Å². The third-order valence-corrected chi connectivity index (χ3v) is 3.61. The van der Waals surface area contributed by atoms with Crippen molar-refractivity contribution in [3.05, 3.63) is 54.4 Å². The van der Waals surface area contributed by atoms with Crippen molar-refractivity contribution in [3.8, 4) is 11.5 Å². The van der Waals surface area contributed by atoms with Crippen molar-refractivity contribution >= 4 is 6.03 Å². The van der Waals surface area contributed by atoms with Crippen LogP contribution in [0.1, 0.15) is 18.5 Å². The number of nitrogens with one attached hydrogen (secondary N) is 2. The zero-order valence-corrected chi connectivity index (χ0v) is 12.9. The average molecular weight is 313 g/mol. The molecule has 1 aliphatic heterocycles. The quantitative estimate of drug-likeness (QED) is 0.908. The Kier molecular flexibility index (Phi) is 4.61. The summed E-state index contributed by atoms with van der Waals surface area (Å²) < 4.78 is 11.4. The molecule has 2 amide bonds. The molecule has 0 spiro atoms. The second kappa shape index (κ2) is 7.00. The molecule has 6 heteroatoms. The van der Waals surface area contributed by atoms with Gasteiger partial charge in [-0.1, -0.05) is 12.1 Å². The number of hydrogen-bond donors (Lipinski definition) is 2. The molecule has 23 heavy (non-hydrogen) atoms. The van der Waals surface area contributed by atoms with E-state index in [9.17, 15) is 4.79 Å². The SMILES string of the molecule is C[C@@H](NC(=O)NC[C@@H]1COc2ccccc2O1)c1ccncc1. The Labute approximate surface area is 134 Å². The van der Waals surface area contributed by atoms with Crippen molar-refractivity contribution in [2.45, 2.75) is 19.1 Å². The Bertz CT molecular complexity index is 663. The van der Waals surface area contributed by atoms with E-state index in [1.165, 1.54) is 0 Å². The van der Waals surface area contributed by atoms with Gasteiger partial charge >= 0.3 is 6.03 Å². The molecule has 2 aromatic rings. The summed E-state index contributed by atoms with van der Waals surface area (Å²) in [5.41, 5.74) is 1.00. The molecule has 2 heterocycles. The second-order valence-corrected chi connectivity index (χ2v) is 5.35. The normalized spacial score (nSPS) is 17.2. The van der Waals surface area contributed by atoms with Gasteiger partial charge in [-0.15, -0.1) is 0 Å². The molecule has 120 valence electrons. The van der Waals surface area contributed by atoms with Crippen molar-refractivity contribution < 1.29 is 14.3 Å². The lowest BCUT2D eigenvalue weighted by Crippen LogP contribution is -2.45. The number of urea groups is 1. The first-order valence-electron chi connectivity index (χ1n) is 7.55. The Morgan fingerprint density at radius 1 is 1.26 bits per heavy atom. The molecule has 0 saturated carbocycles. The number of aromatic nitrogens is 1. The van der Waals surface area contributed by atoms with Crippen LogP contribution in [0.15, 0.2) is 48.8 Å². The number of ether oxygens (including phenoxy) is 2. The number of para-hydroxylation sites is 2. The molecular weight excluding hydrogens is 294 g/mol. The number of pyridine rings is 1. The lowest BCUT2D eigenvalue weighted by atomic mass is 10.1. The number of carbonyl (C=O) groups is 1. The smallest absolute Gasteiger partial charge is 0.315 e. The highest BCUT2D eigenvalue weighted by molar-refractivity contribution is 5.74. The summed E-state index contributed by atoms with van der Waals surface area (Å²) in [4.78, 5) is 15.9. The summed E-state index contributed by atoms with van der Waals surface area (Å²) >= 11 is 0. The van der Waals surface area contributed by atoms with Gasteiger partial charge in [0.15, 0.2) is 17.6 Å². The van der Waals surface area contributed by atoms with Gasteiger partial charge in [-0.3, -0.25) is 4.98 Å². The van der Waals surface area contributed by atoms with Crippen LogP contribution in [0.3, 0.4) is 0 Å². The summed E-state index contributed by atoms with van der Waals surface area (Å²) in [6.45, 7) is 2.71. The molecule has 0 radical (unpaired) electrons. The topological polar surface area (TPSA) is 72.5 Å². The van der Waals surface area contributed by atoms with E-state index in [0.29, 0.717) is 18.9 Å². The van der Waals surface area contributed by atoms with E-state index in [1.54, 1.807) is 12.4 Å². The fourth-order valence-corrected chi connectivity index (χ4v) is 2.35. The van der Waals surface area contributed by atoms with E-state index in [4.69, 9.17) is 9.47 Å². The third kappa shape index (κ3) is 3.91. The number of amides is 2. The molecule has 2 N–H and O–H groups in total. The monoisotopic (exact) mass is 313 g/mol. The van der Waals surface area contributed by atoms with E-state index in [2.05, 4.69) is 15.6 Å². The molecule has 3 rings (SSSR count). The summed E-state index contributed by atoms with van der Waals surface area (Å²) in [7, 11) is 0. The van der Waals surface area contributed by atoms with Crippen LogP contribution < -0.4 is 20.1 Å². The highest BCUT2D eigenvalue weighted by Crippen LogP contribution is 2.30. The molecule has 0 saturated heterocycles. The molecule has 0 bridgehead atoms. The van der Waals surface area contributed by atoms with Crippen LogP contribution in [-0.4, -0.2) is 30.3 Å². The fourth-order valence-electron chi connectivity index (χ4n) is 2.35. The lowest BCUT2D eigenvalue weighted by Gasteiger charge is -2.26. The van der Waals surface area contributed by atoms with E-state index in [1.807, 2.05) is 43.3 Å². The maximum atomic E-state index is 12.0. The van der Waals surface area contributed by atoms with Crippen LogP contribution in [0.25, 0.3) is 0 Å². The minimum absolute atomic E-state index is 0.0951. The Morgan fingerprint density at radius 2 is 2.00 bits per heavy atom. The van der Waals surface area contributed by atoms with Gasteiger partial charge in [0.25, 0.3) is 0 Å². The Balaban J connectivity index is 1.47. The van der Waals surface area contributed by atoms with Crippen molar-refractivity contribution in [2.75, 3.05) is 13.2 Å². The van der Waals surface area contributed by atoms with Gasteiger partial charge in [0.2, 0.25) is 0 Å². The van der Waals surface area contributed by atoms with Crippen LogP contribution in [0, 0.1) is 0 Å². The van der Waals surface area contributed by atoms with Crippen LogP contribution >= 0.6 is 0 Å². The van der Waals surface area contributed by atoms with Gasteiger partial charge in [-0.25, -0.2) is 4.79 Å². The minimum Gasteiger partial charge on any atom is -0.486 e. The molecule has 0 fully saturated rings. The third-order valence-electron chi connectivity index (χ3n) is 3.61. The zero-order chi connectivity index (χ0) is 16.1. The standard InChI is InChI=1S/C17H19N3O3/c1-12(13-6-8-18-9-7-13)20-17(21)19-10-14-11-22-15-4-2-3-5-16(15)23-14/h2-9,12,14H,10-11H2,1H3,(H2,19,20,21)/t12-,14-/m1/s1. The van der Waals surface area contributed by atoms with Gasteiger partial charge in [-0.2, -0.15) is 0 Å². The number of nitrogens with zero attached hydrogens (tertiary/aromatic N) is 1. The van der Waals surface area contributed by atoms with E-state index in [-0.39, 0.29) is 18.2 Å². The summed E-state index contributed by atoms with van der Waals surface area (Å²) in [5.74, 6) is 1.44. The van der Waals surface area contributed by atoms with Gasteiger partial charge in [0, 0.05) is 12.4 Å². The van der Waals surface area contributed by atoms with Crippen molar-refractivity contribution in [1.29, 1.82) is 0 Å². The maximum Gasteiger partial charge on any atom is 0.315 e. The summed E-state index contributed by atoms with van der Waals surface area (Å²) in [5, 5.41) is 5.69. The number of carbonyl (C=O) groups excluding carboxylic acids is 1. The van der Waals surface area contributed by atoms with E-state index < -0.39 is 0 Å². The van der Waals surface area contributed by atoms with Crippen LogP contribution in [0.5, 0.6) is 11.5 Å². The second-order valence-electron chi connectivity index (χ2n) is 5.35. The van der Waals surface area contributed by atoms with E-state index in [0.717, 1.165) is 11.3 Å². The summed E-state index contributed by atoms with van der Waals surface area (Å²) in [6.07, 6.45) is 3.21. The fraction of sp³-hybridized carbons (Fsp3) is 0.294. The van der Waals surface area contributed by atoms with Crippen molar-refractivity contribution in [2.24, 2.45) is 0 Å². The van der Waals surface area contributed by atoms with Gasteiger partial charge in [-0.05, 0) is 36.8 Å². The van der Waals surface area contributed by atoms with Crippen LogP contribution in [-0.2, 0) is 0 Å².